The van der Waals surface area contributed by atoms with E-state index in [1.807, 2.05) is 31.5 Å². The highest BCUT2D eigenvalue weighted by atomic mass is 32.2. The number of allylic oxidation sites excluding steroid dienone is 3. The Bertz CT molecular complexity index is 1280. The topological polar surface area (TPSA) is 117 Å². The average Bonchev–Trinajstić information content (AvgIpc) is 3.42. The first-order valence-electron chi connectivity index (χ1n) is 9.77. The summed E-state index contributed by atoms with van der Waals surface area (Å²) in [5.74, 6) is -0.0573. The van der Waals surface area contributed by atoms with E-state index >= 15 is 0 Å². The molecule has 0 aromatic carbocycles. The van der Waals surface area contributed by atoms with Crippen LogP contribution in [0.5, 0.6) is 0 Å². The maximum atomic E-state index is 12.4. The Balaban J connectivity index is 1.73. The number of hydrogen-bond donors (Lipinski definition) is 1. The summed E-state index contributed by atoms with van der Waals surface area (Å²) in [6.07, 6.45) is 12.4. The Morgan fingerprint density at radius 2 is 2.20 bits per heavy atom. The van der Waals surface area contributed by atoms with E-state index in [1.165, 1.54) is 6.33 Å². The van der Waals surface area contributed by atoms with E-state index in [-0.39, 0.29) is 30.1 Å². The van der Waals surface area contributed by atoms with Gasteiger partial charge in [0.15, 0.2) is 9.84 Å². The van der Waals surface area contributed by atoms with Gasteiger partial charge in [-0.2, -0.15) is 10.4 Å². The highest BCUT2D eigenvalue weighted by molar-refractivity contribution is 7.95. The van der Waals surface area contributed by atoms with Crippen LogP contribution in [0.1, 0.15) is 26.3 Å². The van der Waals surface area contributed by atoms with Crippen LogP contribution in [0, 0.1) is 23.2 Å². The number of nitrogens with zero attached hydrogens (tertiary/aromatic N) is 5. The quantitative estimate of drug-likeness (QED) is 0.650. The summed E-state index contributed by atoms with van der Waals surface area (Å²) in [4.78, 5) is 12.0. The molecule has 1 aliphatic rings. The van der Waals surface area contributed by atoms with Gasteiger partial charge in [-0.05, 0) is 18.1 Å². The number of rotatable bonds is 6. The van der Waals surface area contributed by atoms with Crippen LogP contribution >= 0.6 is 0 Å². The van der Waals surface area contributed by atoms with Crippen molar-refractivity contribution in [3.63, 3.8) is 0 Å². The molecule has 0 radical (unpaired) electrons. The molecule has 1 aliphatic carbocycles. The van der Waals surface area contributed by atoms with E-state index in [9.17, 15) is 13.7 Å². The summed E-state index contributed by atoms with van der Waals surface area (Å²) in [6, 6.07) is 3.85. The summed E-state index contributed by atoms with van der Waals surface area (Å²) in [7, 11) is -3.32. The van der Waals surface area contributed by atoms with E-state index < -0.39 is 9.84 Å². The molecule has 154 valence electrons. The van der Waals surface area contributed by atoms with Crippen molar-refractivity contribution in [3.05, 3.63) is 54.1 Å². The number of hydrogen-bond acceptors (Lipinski definition) is 6. The predicted octanol–water partition coefficient (Wildman–Crippen LogP) is 3.42. The van der Waals surface area contributed by atoms with Crippen LogP contribution in [0.15, 0.2) is 54.1 Å². The van der Waals surface area contributed by atoms with E-state index in [4.69, 9.17) is 0 Å². The maximum Gasteiger partial charge on any atom is 0.177 e. The largest absolute Gasteiger partial charge is 0.346 e. The second kappa shape index (κ2) is 7.88. The van der Waals surface area contributed by atoms with Gasteiger partial charge in [-0.15, -0.1) is 0 Å². The van der Waals surface area contributed by atoms with Gasteiger partial charge in [0.25, 0.3) is 0 Å². The van der Waals surface area contributed by atoms with Gasteiger partial charge in [-0.3, -0.25) is 4.68 Å². The molecule has 0 aliphatic heterocycles. The summed E-state index contributed by atoms with van der Waals surface area (Å²) in [5, 5.41) is 14.9. The van der Waals surface area contributed by atoms with E-state index in [2.05, 4.69) is 26.1 Å². The second-order valence-corrected chi connectivity index (χ2v) is 9.65. The summed E-state index contributed by atoms with van der Waals surface area (Å²) >= 11 is 0. The van der Waals surface area contributed by atoms with E-state index in [0.717, 1.165) is 22.3 Å². The number of H-pyrrole nitrogens is 1. The lowest BCUT2D eigenvalue weighted by molar-refractivity contribution is 0.308. The van der Waals surface area contributed by atoms with Gasteiger partial charge in [-0.25, -0.2) is 18.4 Å². The number of nitriles is 1. The summed E-state index contributed by atoms with van der Waals surface area (Å²) in [5.41, 5.74) is 2.31. The van der Waals surface area contributed by atoms with Crippen molar-refractivity contribution in [2.45, 2.75) is 26.3 Å². The Morgan fingerprint density at radius 3 is 2.97 bits per heavy atom. The number of fused-ring (bicyclic) bond motifs is 1. The number of aromatic nitrogens is 5. The van der Waals surface area contributed by atoms with Gasteiger partial charge in [0.05, 0.1) is 41.1 Å². The van der Waals surface area contributed by atoms with Crippen LogP contribution in [-0.2, 0) is 9.84 Å². The number of aromatic amines is 1. The monoisotopic (exact) mass is 422 g/mol. The highest BCUT2D eigenvalue weighted by Crippen LogP contribution is 2.36. The number of nitrogens with one attached hydrogen (secondary N) is 1. The van der Waals surface area contributed by atoms with Crippen LogP contribution in [-0.4, -0.2) is 38.9 Å². The van der Waals surface area contributed by atoms with Crippen LogP contribution in [0.3, 0.4) is 0 Å². The van der Waals surface area contributed by atoms with Gasteiger partial charge in [0, 0.05) is 29.3 Å². The van der Waals surface area contributed by atoms with Crippen LogP contribution in [0.4, 0.5) is 0 Å². The van der Waals surface area contributed by atoms with Gasteiger partial charge >= 0.3 is 0 Å². The Morgan fingerprint density at radius 1 is 1.37 bits per heavy atom. The fraction of sp³-hybridized carbons (Fsp3) is 0.333. The first-order chi connectivity index (χ1) is 14.4. The minimum Gasteiger partial charge on any atom is -0.346 e. The molecule has 30 heavy (non-hydrogen) atoms. The molecule has 3 aromatic rings. The summed E-state index contributed by atoms with van der Waals surface area (Å²) in [6.45, 7) is 3.66. The van der Waals surface area contributed by atoms with Crippen molar-refractivity contribution in [2.24, 2.45) is 11.8 Å². The van der Waals surface area contributed by atoms with Crippen molar-refractivity contribution in [3.8, 4) is 17.3 Å². The molecular formula is C21H22N6O2S. The Hall–Kier alpha value is -3.25. The molecule has 0 fully saturated rings. The SMILES string of the molecule is CCS(=O)(=O)C1=CC(C(CC#N)n2cc(-c3ncnc4[nH]ccc34)cn2)C(C)C=C1. The fourth-order valence-electron chi connectivity index (χ4n) is 3.85. The zero-order valence-corrected chi connectivity index (χ0v) is 17.5. The molecule has 0 saturated carbocycles. The molecule has 4 rings (SSSR count). The third kappa shape index (κ3) is 3.55. The molecule has 3 heterocycles. The lowest BCUT2D eigenvalue weighted by atomic mass is 9.83. The molecule has 1 N–H and O–H groups in total. The molecule has 3 atom stereocenters. The number of sulfone groups is 1. The second-order valence-electron chi connectivity index (χ2n) is 7.37. The van der Waals surface area contributed by atoms with Crippen LogP contribution in [0.25, 0.3) is 22.3 Å². The molecule has 0 amide bonds. The van der Waals surface area contributed by atoms with Crippen molar-refractivity contribution >= 4 is 20.9 Å². The third-order valence-electron chi connectivity index (χ3n) is 5.58. The lowest BCUT2D eigenvalue weighted by Gasteiger charge is -2.30. The molecule has 3 aromatic heterocycles. The highest BCUT2D eigenvalue weighted by Gasteiger charge is 2.31. The van der Waals surface area contributed by atoms with Crippen molar-refractivity contribution < 1.29 is 8.42 Å². The van der Waals surface area contributed by atoms with Gasteiger partial charge in [0.2, 0.25) is 0 Å². The maximum absolute atomic E-state index is 12.4. The zero-order chi connectivity index (χ0) is 21.3. The fourth-order valence-corrected chi connectivity index (χ4v) is 4.83. The molecule has 0 bridgehead atoms. The smallest absolute Gasteiger partial charge is 0.177 e. The van der Waals surface area contributed by atoms with Crippen molar-refractivity contribution in [1.82, 2.24) is 24.7 Å². The molecule has 0 saturated heterocycles. The Labute approximate surface area is 174 Å². The molecule has 8 nitrogen and oxygen atoms in total. The van der Waals surface area contributed by atoms with Gasteiger partial charge in [-0.1, -0.05) is 26.0 Å². The standard InChI is InChI=1S/C21H22N6O2S/c1-3-30(28,29)16-5-4-14(2)18(10-16)19(6-8-22)27-12-15(11-26-27)20-17-7-9-23-21(17)25-13-24-20/h4-5,7,9-14,18-19H,3,6H2,1-2H3,(H,23,24,25). The minimum absolute atomic E-state index is 0.0412. The minimum atomic E-state index is -3.32. The molecule has 3 unspecified atom stereocenters. The van der Waals surface area contributed by atoms with Crippen molar-refractivity contribution in [1.29, 1.82) is 5.26 Å². The predicted molar refractivity (Wildman–Crippen MR) is 114 cm³/mol. The normalized spacial score (nSPS) is 20.1. The molecule has 0 spiro atoms. The van der Waals surface area contributed by atoms with Gasteiger partial charge < -0.3 is 4.98 Å². The van der Waals surface area contributed by atoms with Crippen LogP contribution in [0.2, 0.25) is 0 Å². The van der Waals surface area contributed by atoms with E-state index in [0.29, 0.717) is 4.91 Å². The summed E-state index contributed by atoms with van der Waals surface area (Å²) < 4.78 is 26.5. The average molecular weight is 423 g/mol. The van der Waals surface area contributed by atoms with E-state index in [1.54, 1.807) is 30.0 Å². The third-order valence-corrected chi connectivity index (χ3v) is 7.33. The first-order valence-corrected chi connectivity index (χ1v) is 11.4. The van der Waals surface area contributed by atoms with Crippen LogP contribution < -0.4 is 0 Å². The first kappa shape index (κ1) is 20.0. The van der Waals surface area contributed by atoms with Crippen molar-refractivity contribution in [2.75, 3.05) is 5.75 Å². The zero-order valence-electron chi connectivity index (χ0n) is 16.7. The Kier molecular flexibility index (Phi) is 5.26. The van der Waals surface area contributed by atoms with Gasteiger partial charge in [0.1, 0.15) is 12.0 Å². The lowest BCUT2D eigenvalue weighted by Crippen LogP contribution is -2.26. The molecule has 9 heteroatoms. The molecular weight excluding hydrogens is 400 g/mol.